The van der Waals surface area contributed by atoms with E-state index in [1.165, 1.54) is 6.33 Å². The SMILES string of the molecule is CCc1nc(C(C)Nc2ncncc2Cl)cs1. The van der Waals surface area contributed by atoms with Crippen molar-refractivity contribution >= 4 is 28.8 Å². The van der Waals surface area contributed by atoms with Crippen LogP contribution in [0.3, 0.4) is 0 Å². The van der Waals surface area contributed by atoms with Crippen molar-refractivity contribution in [1.82, 2.24) is 15.0 Å². The predicted octanol–water partition coefficient (Wildman–Crippen LogP) is 3.32. The van der Waals surface area contributed by atoms with Gasteiger partial charge in [-0.25, -0.2) is 15.0 Å². The molecule has 0 aromatic carbocycles. The molecule has 2 rings (SSSR count). The number of nitrogens with zero attached hydrogens (tertiary/aromatic N) is 3. The Morgan fingerprint density at radius 1 is 1.53 bits per heavy atom. The molecule has 90 valence electrons. The van der Waals surface area contributed by atoms with Crippen LogP contribution in [-0.2, 0) is 6.42 Å². The van der Waals surface area contributed by atoms with Gasteiger partial charge in [0.25, 0.3) is 0 Å². The van der Waals surface area contributed by atoms with Gasteiger partial charge < -0.3 is 5.32 Å². The van der Waals surface area contributed by atoms with Crippen molar-refractivity contribution in [2.75, 3.05) is 5.32 Å². The van der Waals surface area contributed by atoms with Gasteiger partial charge in [0.05, 0.1) is 22.9 Å². The summed E-state index contributed by atoms with van der Waals surface area (Å²) in [5, 5.41) is 6.95. The molecule has 0 fully saturated rings. The molecule has 0 aliphatic heterocycles. The fourth-order valence-corrected chi connectivity index (χ4v) is 2.38. The zero-order valence-corrected chi connectivity index (χ0v) is 11.2. The van der Waals surface area contributed by atoms with E-state index in [4.69, 9.17) is 11.6 Å². The summed E-state index contributed by atoms with van der Waals surface area (Å²) < 4.78 is 0. The number of anilines is 1. The summed E-state index contributed by atoms with van der Waals surface area (Å²) in [6, 6.07) is 0.0824. The van der Waals surface area contributed by atoms with Gasteiger partial charge in [-0.1, -0.05) is 18.5 Å². The van der Waals surface area contributed by atoms with Crippen LogP contribution in [0, 0.1) is 0 Å². The van der Waals surface area contributed by atoms with E-state index in [9.17, 15) is 0 Å². The number of aromatic nitrogens is 3. The van der Waals surface area contributed by atoms with E-state index in [0.29, 0.717) is 10.8 Å². The van der Waals surface area contributed by atoms with E-state index in [0.717, 1.165) is 17.1 Å². The molecule has 2 heterocycles. The first kappa shape index (κ1) is 12.3. The average molecular weight is 269 g/mol. The first-order valence-corrected chi connectivity index (χ1v) is 6.62. The van der Waals surface area contributed by atoms with Gasteiger partial charge >= 0.3 is 0 Å². The van der Waals surface area contributed by atoms with Crippen LogP contribution in [0.15, 0.2) is 17.9 Å². The summed E-state index contributed by atoms with van der Waals surface area (Å²) in [6.45, 7) is 4.13. The second kappa shape index (κ2) is 5.42. The Kier molecular flexibility index (Phi) is 3.91. The number of aryl methyl sites for hydroxylation is 1. The maximum Gasteiger partial charge on any atom is 0.148 e. The monoisotopic (exact) mass is 268 g/mol. The molecule has 2 aromatic heterocycles. The highest BCUT2D eigenvalue weighted by Crippen LogP contribution is 2.24. The highest BCUT2D eigenvalue weighted by Gasteiger charge is 2.11. The Bertz CT molecular complexity index is 500. The van der Waals surface area contributed by atoms with E-state index in [1.807, 2.05) is 6.92 Å². The zero-order valence-electron chi connectivity index (χ0n) is 9.64. The standard InChI is InChI=1S/C11H13ClN4S/c1-3-10-16-9(5-17-10)7(2)15-11-8(12)4-13-6-14-11/h4-7H,3H2,1-2H3,(H,13,14,15). The molecule has 0 amide bonds. The van der Waals surface area contributed by atoms with Gasteiger partial charge in [0.1, 0.15) is 17.2 Å². The third kappa shape index (κ3) is 2.92. The lowest BCUT2D eigenvalue weighted by Gasteiger charge is -2.12. The minimum absolute atomic E-state index is 0.0824. The molecule has 6 heteroatoms. The Labute approximate surface area is 109 Å². The molecule has 0 saturated carbocycles. The van der Waals surface area contributed by atoms with Crippen LogP contribution in [0.1, 0.15) is 30.6 Å². The molecular weight excluding hydrogens is 256 g/mol. The van der Waals surface area contributed by atoms with Crippen LogP contribution in [0.25, 0.3) is 0 Å². The largest absolute Gasteiger partial charge is 0.361 e. The zero-order chi connectivity index (χ0) is 12.3. The molecule has 0 aliphatic rings. The van der Waals surface area contributed by atoms with Crippen molar-refractivity contribution in [3.8, 4) is 0 Å². The van der Waals surface area contributed by atoms with E-state index in [1.54, 1.807) is 17.5 Å². The first-order valence-electron chi connectivity index (χ1n) is 5.37. The molecule has 1 atom stereocenters. The van der Waals surface area contributed by atoms with Gasteiger partial charge in [-0.15, -0.1) is 11.3 Å². The summed E-state index contributed by atoms with van der Waals surface area (Å²) in [6.07, 6.45) is 4.01. The number of halogens is 1. The molecule has 4 nitrogen and oxygen atoms in total. The van der Waals surface area contributed by atoms with Crippen molar-refractivity contribution in [2.45, 2.75) is 26.3 Å². The van der Waals surface area contributed by atoms with Crippen molar-refractivity contribution in [1.29, 1.82) is 0 Å². The van der Waals surface area contributed by atoms with Crippen molar-refractivity contribution in [3.05, 3.63) is 33.6 Å². The molecule has 1 unspecified atom stereocenters. The molecule has 0 aliphatic carbocycles. The molecule has 1 N–H and O–H groups in total. The van der Waals surface area contributed by atoms with Crippen LogP contribution in [-0.4, -0.2) is 15.0 Å². The normalized spacial score (nSPS) is 12.4. The summed E-state index contributed by atoms with van der Waals surface area (Å²) >= 11 is 7.66. The lowest BCUT2D eigenvalue weighted by molar-refractivity contribution is 0.830. The summed E-state index contributed by atoms with van der Waals surface area (Å²) in [5.74, 6) is 0.639. The minimum atomic E-state index is 0.0824. The predicted molar refractivity (Wildman–Crippen MR) is 70.6 cm³/mol. The molecule has 2 aromatic rings. The smallest absolute Gasteiger partial charge is 0.148 e. The van der Waals surface area contributed by atoms with Crippen molar-refractivity contribution in [2.24, 2.45) is 0 Å². The highest BCUT2D eigenvalue weighted by atomic mass is 35.5. The van der Waals surface area contributed by atoms with Crippen molar-refractivity contribution in [3.63, 3.8) is 0 Å². The second-order valence-electron chi connectivity index (χ2n) is 3.60. The van der Waals surface area contributed by atoms with E-state index in [2.05, 4.69) is 32.6 Å². The number of hydrogen-bond acceptors (Lipinski definition) is 5. The fraction of sp³-hybridized carbons (Fsp3) is 0.364. The van der Waals surface area contributed by atoms with Gasteiger partial charge in [-0.05, 0) is 13.3 Å². The van der Waals surface area contributed by atoms with Gasteiger partial charge in [0.15, 0.2) is 0 Å². The Morgan fingerprint density at radius 3 is 3.00 bits per heavy atom. The summed E-state index contributed by atoms with van der Waals surface area (Å²) in [4.78, 5) is 12.5. The van der Waals surface area contributed by atoms with Crippen LogP contribution in [0.5, 0.6) is 0 Å². The van der Waals surface area contributed by atoms with Gasteiger partial charge in [0.2, 0.25) is 0 Å². The van der Waals surface area contributed by atoms with Crippen LogP contribution in [0.2, 0.25) is 5.02 Å². The lowest BCUT2D eigenvalue weighted by atomic mass is 10.2. The lowest BCUT2D eigenvalue weighted by Crippen LogP contribution is -2.09. The topological polar surface area (TPSA) is 50.7 Å². The highest BCUT2D eigenvalue weighted by molar-refractivity contribution is 7.09. The van der Waals surface area contributed by atoms with Crippen LogP contribution >= 0.6 is 22.9 Å². The number of rotatable bonds is 4. The third-order valence-corrected chi connectivity index (χ3v) is 3.62. The second-order valence-corrected chi connectivity index (χ2v) is 4.95. The summed E-state index contributed by atoms with van der Waals surface area (Å²) in [5.41, 5.74) is 1.02. The first-order chi connectivity index (χ1) is 8.20. The molecule has 17 heavy (non-hydrogen) atoms. The molecule has 0 saturated heterocycles. The van der Waals surface area contributed by atoms with Crippen molar-refractivity contribution < 1.29 is 0 Å². The van der Waals surface area contributed by atoms with E-state index >= 15 is 0 Å². The number of hydrogen-bond donors (Lipinski definition) is 1. The van der Waals surface area contributed by atoms with E-state index in [-0.39, 0.29) is 6.04 Å². The maximum atomic E-state index is 5.98. The Balaban J connectivity index is 2.11. The third-order valence-electron chi connectivity index (χ3n) is 2.34. The molecule has 0 radical (unpaired) electrons. The van der Waals surface area contributed by atoms with Gasteiger partial charge in [-0.2, -0.15) is 0 Å². The fourth-order valence-electron chi connectivity index (χ4n) is 1.38. The quantitative estimate of drug-likeness (QED) is 0.924. The number of thiazole rings is 1. The Hall–Kier alpha value is -1.20. The number of nitrogens with one attached hydrogen (secondary N) is 1. The van der Waals surface area contributed by atoms with Gasteiger partial charge in [0, 0.05) is 5.38 Å². The minimum Gasteiger partial charge on any atom is -0.361 e. The Morgan fingerprint density at radius 2 is 2.35 bits per heavy atom. The molecular formula is C11H13ClN4S. The van der Waals surface area contributed by atoms with Crippen LogP contribution in [0.4, 0.5) is 5.82 Å². The van der Waals surface area contributed by atoms with Gasteiger partial charge in [-0.3, -0.25) is 0 Å². The van der Waals surface area contributed by atoms with E-state index < -0.39 is 0 Å². The molecule has 0 spiro atoms. The van der Waals surface area contributed by atoms with Crippen LogP contribution < -0.4 is 5.32 Å². The summed E-state index contributed by atoms with van der Waals surface area (Å²) in [7, 11) is 0. The maximum absolute atomic E-state index is 5.98. The molecule has 0 bridgehead atoms. The average Bonchev–Trinajstić information content (AvgIpc) is 2.81.